The standard InChI is InChI=1S/C22H34N2O4/c1-14-17(9-20(28)23-12-16(26)13-25)21-18(10-22(2,3)11-19(21)27)24(14)15-7-5-4-6-8-15/h15-16,25-26H,4-13H2,1-3H3,(H,23,28)/t16-/m0/s1. The van der Waals surface area contributed by atoms with Crippen LogP contribution in [0.15, 0.2) is 0 Å². The molecule has 1 aromatic rings. The van der Waals surface area contributed by atoms with Crippen LogP contribution in [0.4, 0.5) is 0 Å². The van der Waals surface area contributed by atoms with Gasteiger partial charge in [0.2, 0.25) is 5.91 Å². The molecule has 28 heavy (non-hydrogen) atoms. The lowest BCUT2D eigenvalue weighted by atomic mass is 9.75. The molecule has 1 aromatic heterocycles. The summed E-state index contributed by atoms with van der Waals surface area (Å²) in [6, 6.07) is 0.414. The molecule has 1 heterocycles. The van der Waals surface area contributed by atoms with Crippen LogP contribution >= 0.6 is 0 Å². The maximum atomic E-state index is 13.0. The molecule has 0 radical (unpaired) electrons. The second kappa shape index (κ2) is 8.37. The summed E-state index contributed by atoms with van der Waals surface area (Å²) in [5, 5.41) is 21.1. The summed E-state index contributed by atoms with van der Waals surface area (Å²) in [7, 11) is 0. The van der Waals surface area contributed by atoms with Crippen molar-refractivity contribution >= 4 is 11.7 Å². The molecule has 2 aliphatic carbocycles. The normalized spacial score (nSPS) is 20.7. The van der Waals surface area contributed by atoms with Gasteiger partial charge in [0.25, 0.3) is 0 Å². The minimum Gasteiger partial charge on any atom is -0.394 e. The van der Waals surface area contributed by atoms with Crippen molar-refractivity contribution in [3.63, 3.8) is 0 Å². The predicted molar refractivity (Wildman–Crippen MR) is 108 cm³/mol. The second-order valence-corrected chi connectivity index (χ2v) is 9.31. The van der Waals surface area contributed by atoms with Crippen LogP contribution in [0.25, 0.3) is 0 Å². The van der Waals surface area contributed by atoms with E-state index in [9.17, 15) is 14.7 Å². The Kier molecular flexibility index (Phi) is 6.30. The lowest BCUT2D eigenvalue weighted by Gasteiger charge is -2.33. The van der Waals surface area contributed by atoms with E-state index in [-0.39, 0.29) is 36.7 Å². The third kappa shape index (κ3) is 4.33. The van der Waals surface area contributed by atoms with Gasteiger partial charge in [-0.05, 0) is 37.2 Å². The first-order valence-corrected chi connectivity index (χ1v) is 10.5. The minimum absolute atomic E-state index is 0.0148. The molecule has 3 N–H and O–H groups in total. The number of amides is 1. The first kappa shape index (κ1) is 21.1. The van der Waals surface area contributed by atoms with Crippen molar-refractivity contribution in [1.29, 1.82) is 0 Å². The van der Waals surface area contributed by atoms with Gasteiger partial charge in [-0.25, -0.2) is 0 Å². The molecule has 0 aromatic carbocycles. The molecule has 0 unspecified atom stereocenters. The molecule has 3 rings (SSSR count). The van der Waals surface area contributed by atoms with Gasteiger partial charge in [-0.15, -0.1) is 0 Å². The van der Waals surface area contributed by atoms with Gasteiger partial charge in [-0.2, -0.15) is 0 Å². The first-order chi connectivity index (χ1) is 13.2. The van der Waals surface area contributed by atoms with Crippen molar-refractivity contribution in [3.05, 3.63) is 22.5 Å². The van der Waals surface area contributed by atoms with Gasteiger partial charge >= 0.3 is 0 Å². The summed E-state index contributed by atoms with van der Waals surface area (Å²) >= 11 is 0. The number of nitrogens with one attached hydrogen (secondary N) is 1. The number of Topliss-reactive ketones (excluding diaryl/α,β-unsaturated/α-hetero) is 1. The van der Waals surface area contributed by atoms with Gasteiger partial charge < -0.3 is 20.1 Å². The van der Waals surface area contributed by atoms with Gasteiger partial charge in [0, 0.05) is 36.0 Å². The fourth-order valence-electron chi connectivity index (χ4n) is 4.93. The SMILES string of the molecule is Cc1c(CC(=O)NC[C@H](O)CO)c2c(n1C1CCCCC1)CC(C)(C)CC2=O. The van der Waals surface area contributed by atoms with E-state index >= 15 is 0 Å². The summed E-state index contributed by atoms with van der Waals surface area (Å²) in [6.07, 6.45) is 6.49. The van der Waals surface area contributed by atoms with Crippen molar-refractivity contribution in [1.82, 2.24) is 9.88 Å². The lowest BCUT2D eigenvalue weighted by molar-refractivity contribution is -0.121. The zero-order chi connectivity index (χ0) is 20.5. The molecule has 0 bridgehead atoms. The van der Waals surface area contributed by atoms with Crippen LogP contribution in [0.2, 0.25) is 0 Å². The quantitative estimate of drug-likeness (QED) is 0.696. The average Bonchev–Trinajstić information content (AvgIpc) is 2.90. The third-order valence-electron chi connectivity index (χ3n) is 6.27. The largest absolute Gasteiger partial charge is 0.394 e. The Morgan fingerprint density at radius 1 is 1.25 bits per heavy atom. The molecule has 6 nitrogen and oxygen atoms in total. The molecule has 1 atom stereocenters. The van der Waals surface area contributed by atoms with E-state index in [1.807, 2.05) is 6.92 Å². The van der Waals surface area contributed by atoms with E-state index < -0.39 is 6.10 Å². The minimum atomic E-state index is -0.965. The van der Waals surface area contributed by atoms with E-state index in [2.05, 4.69) is 23.7 Å². The number of aliphatic hydroxyl groups excluding tert-OH is 2. The number of hydrogen-bond acceptors (Lipinski definition) is 4. The number of carbonyl (C=O) groups excluding carboxylic acids is 2. The predicted octanol–water partition coefficient (Wildman–Crippen LogP) is 2.47. The molecule has 1 fully saturated rings. The van der Waals surface area contributed by atoms with Crippen LogP contribution in [-0.2, 0) is 17.6 Å². The number of hydrogen-bond donors (Lipinski definition) is 3. The number of carbonyl (C=O) groups is 2. The average molecular weight is 391 g/mol. The Labute approximate surface area is 167 Å². The summed E-state index contributed by atoms with van der Waals surface area (Å²) < 4.78 is 2.37. The first-order valence-electron chi connectivity index (χ1n) is 10.5. The van der Waals surface area contributed by atoms with Crippen molar-refractivity contribution in [2.75, 3.05) is 13.2 Å². The molecule has 1 amide bonds. The Bertz CT molecular complexity index is 744. The summed E-state index contributed by atoms with van der Waals surface area (Å²) in [4.78, 5) is 25.5. The fourth-order valence-corrected chi connectivity index (χ4v) is 4.93. The molecule has 6 heteroatoms. The highest BCUT2D eigenvalue weighted by molar-refractivity contribution is 6.01. The van der Waals surface area contributed by atoms with Crippen LogP contribution < -0.4 is 5.32 Å². The highest BCUT2D eigenvalue weighted by Crippen LogP contribution is 2.42. The highest BCUT2D eigenvalue weighted by atomic mass is 16.3. The topological polar surface area (TPSA) is 91.6 Å². The van der Waals surface area contributed by atoms with Crippen LogP contribution in [0.1, 0.15) is 85.7 Å². The highest BCUT2D eigenvalue weighted by Gasteiger charge is 2.38. The molecule has 1 saturated carbocycles. The Balaban J connectivity index is 1.95. The van der Waals surface area contributed by atoms with Crippen LogP contribution in [0.3, 0.4) is 0 Å². The summed E-state index contributed by atoms with van der Waals surface area (Å²) in [6.45, 7) is 5.95. The van der Waals surface area contributed by atoms with Gasteiger partial charge in [0.05, 0.1) is 19.1 Å². The summed E-state index contributed by atoms with van der Waals surface area (Å²) in [5.74, 6) is -0.0843. The van der Waals surface area contributed by atoms with Crippen LogP contribution in [-0.4, -0.2) is 45.7 Å². The van der Waals surface area contributed by atoms with Crippen molar-refractivity contribution in [2.24, 2.45) is 5.41 Å². The molecule has 0 aliphatic heterocycles. The van der Waals surface area contributed by atoms with Gasteiger partial charge in [0.15, 0.2) is 5.78 Å². The molecular formula is C22H34N2O4. The van der Waals surface area contributed by atoms with E-state index in [4.69, 9.17) is 5.11 Å². The number of ketones is 1. The number of aliphatic hydroxyl groups is 2. The number of aromatic nitrogens is 1. The maximum absolute atomic E-state index is 13.0. The molecule has 156 valence electrons. The van der Waals surface area contributed by atoms with Gasteiger partial charge in [-0.3, -0.25) is 9.59 Å². The van der Waals surface area contributed by atoms with Crippen molar-refractivity contribution < 1.29 is 19.8 Å². The Morgan fingerprint density at radius 2 is 1.93 bits per heavy atom. The zero-order valence-electron chi connectivity index (χ0n) is 17.4. The zero-order valence-corrected chi connectivity index (χ0v) is 17.4. The lowest BCUT2D eigenvalue weighted by Crippen LogP contribution is -2.35. The van der Waals surface area contributed by atoms with Gasteiger partial charge in [0.1, 0.15) is 0 Å². The monoisotopic (exact) mass is 390 g/mol. The third-order valence-corrected chi connectivity index (χ3v) is 6.27. The van der Waals surface area contributed by atoms with E-state index in [0.29, 0.717) is 12.5 Å². The summed E-state index contributed by atoms with van der Waals surface area (Å²) in [5.41, 5.74) is 3.70. The van der Waals surface area contributed by atoms with E-state index in [1.165, 1.54) is 19.3 Å². The van der Waals surface area contributed by atoms with Crippen molar-refractivity contribution in [3.8, 4) is 0 Å². The van der Waals surface area contributed by atoms with Gasteiger partial charge in [-0.1, -0.05) is 33.1 Å². The van der Waals surface area contributed by atoms with Crippen LogP contribution in [0.5, 0.6) is 0 Å². The Morgan fingerprint density at radius 3 is 2.57 bits per heavy atom. The fraction of sp³-hybridized carbons (Fsp3) is 0.727. The molecule has 0 saturated heterocycles. The Hall–Kier alpha value is -1.66. The molecule has 2 aliphatic rings. The van der Waals surface area contributed by atoms with Crippen molar-refractivity contribution in [2.45, 2.75) is 84.3 Å². The van der Waals surface area contributed by atoms with Crippen LogP contribution in [0, 0.1) is 12.3 Å². The molecular weight excluding hydrogens is 356 g/mol. The molecule has 0 spiro atoms. The number of nitrogens with zero attached hydrogens (tertiary/aromatic N) is 1. The number of rotatable bonds is 6. The van der Waals surface area contributed by atoms with E-state index in [0.717, 1.165) is 41.8 Å². The van der Waals surface area contributed by atoms with E-state index in [1.54, 1.807) is 0 Å². The smallest absolute Gasteiger partial charge is 0.224 e. The number of fused-ring (bicyclic) bond motifs is 1. The maximum Gasteiger partial charge on any atom is 0.224 e. The second-order valence-electron chi connectivity index (χ2n) is 9.31.